The lowest BCUT2D eigenvalue weighted by molar-refractivity contribution is -0.138. The van der Waals surface area contributed by atoms with Gasteiger partial charge in [-0.1, -0.05) is 17.7 Å². The van der Waals surface area contributed by atoms with Crippen molar-refractivity contribution in [2.45, 2.75) is 28.5 Å². The number of carbonyl (C=O) groups excluding carboxylic acids is 5. The molecule has 1 saturated carbocycles. The minimum Gasteiger partial charge on any atom is -0.508 e. The van der Waals surface area contributed by atoms with Crippen LogP contribution in [0, 0.1) is 23.6 Å². The highest BCUT2D eigenvalue weighted by Gasteiger charge is 2.77. The molecule has 218 valence electrons. The summed E-state index contributed by atoms with van der Waals surface area (Å²) >= 11 is 14.5. The number of hydrogen-bond donors (Lipinski definition) is 1. The molecule has 0 radical (unpaired) electrons. The van der Waals surface area contributed by atoms with E-state index in [2.05, 4.69) is 4.74 Å². The Morgan fingerprint density at radius 1 is 1.00 bits per heavy atom. The number of allylic oxidation sites excluding steroid dienone is 2. The molecule has 13 heteroatoms. The standard InChI is InChI=1S/C29H23Cl2FN2O8/c1-41-19-5-3-4-18(35)21(19)22-15-10-11-16-20(24(37)34(23(16)36)27(40)42-2)17(15)12-28(30)25(38)33(26(39)29(22,28)31)14-8-6-13(32)7-9-14/h3-10,16-17,20,22,35H,11-12H2,1-2H3/t16-,17+,20-,22+,28+,29-/m0/s1. The molecule has 5 amide bonds. The average molecular weight is 617 g/mol. The maximum atomic E-state index is 14.3. The molecule has 0 bridgehead atoms. The molecule has 6 rings (SSSR count). The zero-order valence-corrected chi connectivity index (χ0v) is 23.7. The monoisotopic (exact) mass is 616 g/mol. The van der Waals surface area contributed by atoms with E-state index in [1.165, 1.54) is 37.4 Å². The van der Waals surface area contributed by atoms with Crippen LogP contribution in [-0.4, -0.2) is 63.7 Å². The van der Waals surface area contributed by atoms with Crippen LogP contribution in [0.1, 0.15) is 24.3 Å². The van der Waals surface area contributed by atoms with Crippen molar-refractivity contribution in [2.24, 2.45) is 17.8 Å². The van der Waals surface area contributed by atoms with Gasteiger partial charge in [-0.2, -0.15) is 4.90 Å². The minimum atomic E-state index is -2.25. The van der Waals surface area contributed by atoms with Crippen LogP contribution in [0.2, 0.25) is 0 Å². The number of aromatic hydroxyl groups is 1. The van der Waals surface area contributed by atoms with Crippen molar-refractivity contribution in [1.82, 2.24) is 4.90 Å². The Balaban J connectivity index is 1.59. The summed E-state index contributed by atoms with van der Waals surface area (Å²) in [7, 11) is 2.39. The summed E-state index contributed by atoms with van der Waals surface area (Å²) in [6.07, 6.45) is 0.159. The molecule has 2 aromatic carbocycles. The quantitative estimate of drug-likeness (QED) is 0.312. The Morgan fingerprint density at radius 2 is 1.69 bits per heavy atom. The molecule has 2 saturated heterocycles. The number of ether oxygens (including phenoxy) is 2. The third kappa shape index (κ3) is 3.46. The number of methoxy groups -OCH3 is 2. The van der Waals surface area contributed by atoms with Gasteiger partial charge in [-0.05, 0) is 55.2 Å². The molecule has 0 aromatic heterocycles. The van der Waals surface area contributed by atoms with E-state index in [0.29, 0.717) is 10.5 Å². The van der Waals surface area contributed by atoms with Crippen LogP contribution in [0.25, 0.3) is 0 Å². The van der Waals surface area contributed by atoms with Crippen molar-refractivity contribution < 1.29 is 42.9 Å². The summed E-state index contributed by atoms with van der Waals surface area (Å²) in [5, 5.41) is 11.1. The van der Waals surface area contributed by atoms with Crippen LogP contribution in [0.4, 0.5) is 14.9 Å². The molecule has 2 aliphatic carbocycles. The molecule has 2 aromatic rings. The van der Waals surface area contributed by atoms with Gasteiger partial charge >= 0.3 is 6.09 Å². The number of phenols is 1. The average Bonchev–Trinajstić information content (AvgIpc) is 3.31. The molecule has 0 unspecified atom stereocenters. The number of alkyl halides is 2. The number of halogens is 3. The Kier molecular flexibility index (Phi) is 6.39. The van der Waals surface area contributed by atoms with Crippen molar-refractivity contribution in [1.29, 1.82) is 0 Å². The first kappa shape index (κ1) is 28.2. The van der Waals surface area contributed by atoms with Gasteiger partial charge < -0.3 is 14.6 Å². The smallest absolute Gasteiger partial charge is 0.423 e. The summed E-state index contributed by atoms with van der Waals surface area (Å²) < 4.78 is 23.9. The van der Waals surface area contributed by atoms with Gasteiger partial charge in [0.15, 0.2) is 9.75 Å². The molecule has 0 spiro atoms. The number of rotatable bonds is 3. The maximum absolute atomic E-state index is 14.3. The van der Waals surface area contributed by atoms with Crippen LogP contribution in [0.5, 0.6) is 11.5 Å². The van der Waals surface area contributed by atoms with Crippen LogP contribution < -0.4 is 9.64 Å². The van der Waals surface area contributed by atoms with E-state index in [9.17, 15) is 33.5 Å². The topological polar surface area (TPSA) is 131 Å². The predicted octanol–water partition coefficient (Wildman–Crippen LogP) is 3.87. The Hall–Kier alpha value is -3.96. The summed E-state index contributed by atoms with van der Waals surface area (Å²) in [6.45, 7) is 0. The first-order valence-corrected chi connectivity index (χ1v) is 13.7. The summed E-state index contributed by atoms with van der Waals surface area (Å²) in [5.41, 5.74) is 0.457. The number of benzene rings is 2. The van der Waals surface area contributed by atoms with Gasteiger partial charge in [0.05, 0.1) is 31.7 Å². The first-order valence-electron chi connectivity index (χ1n) is 13.0. The van der Waals surface area contributed by atoms with Crippen molar-refractivity contribution in [3.63, 3.8) is 0 Å². The van der Waals surface area contributed by atoms with Gasteiger partial charge in [0.2, 0.25) is 11.8 Å². The Bertz CT molecular complexity index is 1610. The van der Waals surface area contributed by atoms with Gasteiger partial charge in [-0.25, -0.2) is 14.1 Å². The highest BCUT2D eigenvalue weighted by Crippen LogP contribution is 2.67. The summed E-state index contributed by atoms with van der Waals surface area (Å²) in [5.74, 6) is -8.55. The highest BCUT2D eigenvalue weighted by atomic mass is 35.5. The third-order valence-corrected chi connectivity index (χ3v) is 10.2. The van der Waals surface area contributed by atoms with E-state index < -0.39 is 69.0 Å². The van der Waals surface area contributed by atoms with E-state index in [4.69, 9.17) is 27.9 Å². The summed E-state index contributed by atoms with van der Waals surface area (Å²) in [4.78, 5) is 64.4. The molecule has 3 fully saturated rings. The van der Waals surface area contributed by atoms with Crippen LogP contribution >= 0.6 is 23.2 Å². The molecular formula is C29H23Cl2FN2O8. The SMILES string of the molecule is COC(=O)N1C(=O)[C@H]2[C@H](CC=C3[C@H]2C[C@@]2(Cl)C(=O)N(c4ccc(F)cc4)C(=O)[C@@]2(Cl)[C@H]3c2c(O)cccc2OC)C1=O. The highest BCUT2D eigenvalue weighted by molar-refractivity contribution is 6.58. The zero-order valence-electron chi connectivity index (χ0n) is 22.2. The van der Waals surface area contributed by atoms with Gasteiger partial charge in [-0.15, -0.1) is 23.2 Å². The third-order valence-electron chi connectivity index (χ3n) is 8.80. The first-order chi connectivity index (χ1) is 19.9. The van der Waals surface area contributed by atoms with Crippen LogP contribution in [0.3, 0.4) is 0 Å². The lowest BCUT2D eigenvalue weighted by atomic mass is 9.56. The fourth-order valence-corrected chi connectivity index (χ4v) is 7.91. The van der Waals surface area contributed by atoms with Crippen molar-refractivity contribution in [2.75, 3.05) is 19.1 Å². The second-order valence-corrected chi connectivity index (χ2v) is 11.9. The van der Waals surface area contributed by atoms with Crippen LogP contribution in [-0.2, 0) is 23.9 Å². The van der Waals surface area contributed by atoms with Gasteiger partial charge in [0.25, 0.3) is 11.8 Å². The second kappa shape index (κ2) is 9.53. The summed E-state index contributed by atoms with van der Waals surface area (Å²) in [6, 6.07) is 9.00. The number of phenolic OH excluding ortho intramolecular Hbond substituents is 1. The normalized spacial score (nSPS) is 31.9. The molecule has 1 N–H and O–H groups in total. The van der Waals surface area contributed by atoms with Gasteiger partial charge in [0, 0.05) is 11.5 Å². The van der Waals surface area contributed by atoms with E-state index in [1.807, 2.05) is 0 Å². The van der Waals surface area contributed by atoms with E-state index >= 15 is 0 Å². The number of carbonyl (C=O) groups is 5. The van der Waals surface area contributed by atoms with Crippen molar-refractivity contribution in [3.05, 3.63) is 65.5 Å². The molecule has 6 atom stereocenters. The Labute approximate surface area is 248 Å². The van der Waals surface area contributed by atoms with Gasteiger partial charge in [0.1, 0.15) is 17.3 Å². The minimum absolute atomic E-state index is 0.00699. The predicted molar refractivity (Wildman–Crippen MR) is 146 cm³/mol. The van der Waals surface area contributed by atoms with Crippen LogP contribution in [0.15, 0.2) is 54.1 Å². The zero-order chi connectivity index (χ0) is 30.3. The van der Waals surface area contributed by atoms with Crippen molar-refractivity contribution >= 4 is 58.6 Å². The van der Waals surface area contributed by atoms with E-state index in [0.717, 1.165) is 24.1 Å². The molecule has 10 nitrogen and oxygen atoms in total. The number of likely N-dealkylation sites (tertiary alicyclic amines) is 1. The maximum Gasteiger partial charge on any atom is 0.423 e. The lowest BCUT2D eigenvalue weighted by Crippen LogP contribution is -2.60. The van der Waals surface area contributed by atoms with Gasteiger partial charge in [-0.3, -0.25) is 19.2 Å². The molecule has 42 heavy (non-hydrogen) atoms. The number of hydrogen-bond acceptors (Lipinski definition) is 8. The number of amides is 5. The number of fused-ring (bicyclic) bond motifs is 4. The van der Waals surface area contributed by atoms with Crippen molar-refractivity contribution in [3.8, 4) is 11.5 Å². The second-order valence-electron chi connectivity index (χ2n) is 10.6. The fraction of sp³-hybridized carbons (Fsp3) is 0.345. The van der Waals surface area contributed by atoms with E-state index in [-0.39, 0.29) is 35.6 Å². The number of imide groups is 4. The molecule has 2 aliphatic heterocycles. The van der Waals surface area contributed by atoms with E-state index in [1.54, 1.807) is 6.08 Å². The lowest BCUT2D eigenvalue weighted by Gasteiger charge is -2.50. The molecule has 4 aliphatic rings. The Morgan fingerprint density at radius 3 is 2.33 bits per heavy atom. The molecule has 2 heterocycles. The number of nitrogens with zero attached hydrogens (tertiary/aromatic N) is 2. The molecular weight excluding hydrogens is 594 g/mol. The largest absolute Gasteiger partial charge is 0.508 e. The number of anilines is 1. The fourth-order valence-electron chi connectivity index (χ4n) is 6.99.